The quantitative estimate of drug-likeness (QED) is 0.139. The maximum absolute atomic E-state index is 7.68. The first-order valence-electron chi connectivity index (χ1n) is 20.4. The minimum atomic E-state index is -1.13. The van der Waals surface area contributed by atoms with Gasteiger partial charge in [0.25, 0.3) is 0 Å². The highest BCUT2D eigenvalue weighted by molar-refractivity contribution is 5.54. The van der Waals surface area contributed by atoms with Gasteiger partial charge in [-0.05, 0) is 44.5 Å². The SMILES string of the molecule is c1ccc(C2(c3ccccc3)OC(CC3OC(c4ccccc4)(c4ccccc4)C(c4ccccc4)(c4ccccc4)O3)OC2(c2ccccc2)c2ccccc2)cc1. The maximum atomic E-state index is 7.68. The third kappa shape index (κ3) is 5.83. The van der Waals surface area contributed by atoms with E-state index in [-0.39, 0.29) is 6.42 Å². The highest BCUT2D eigenvalue weighted by Gasteiger charge is 2.68. The topological polar surface area (TPSA) is 36.9 Å². The molecule has 0 radical (unpaired) electrons. The Hall–Kier alpha value is -6.40. The third-order valence-electron chi connectivity index (χ3n) is 12.1. The van der Waals surface area contributed by atoms with E-state index < -0.39 is 35.0 Å². The van der Waals surface area contributed by atoms with Crippen LogP contribution in [0.1, 0.15) is 50.9 Å². The molecule has 4 nitrogen and oxygen atoms in total. The predicted molar refractivity (Wildman–Crippen MR) is 231 cm³/mol. The normalized spacial score (nSPS) is 18.0. The van der Waals surface area contributed by atoms with Crippen LogP contribution in [-0.4, -0.2) is 12.6 Å². The fraction of sp³-hybridized carbons (Fsp3) is 0.127. The van der Waals surface area contributed by atoms with Gasteiger partial charge in [-0.2, -0.15) is 0 Å². The molecule has 8 aromatic rings. The largest absolute Gasteiger partial charge is 0.333 e. The van der Waals surface area contributed by atoms with E-state index in [1.165, 1.54) is 0 Å². The second kappa shape index (κ2) is 15.4. The Morgan fingerprint density at radius 2 is 0.356 bits per heavy atom. The van der Waals surface area contributed by atoms with E-state index in [2.05, 4.69) is 194 Å². The summed E-state index contributed by atoms with van der Waals surface area (Å²) in [5, 5.41) is 0. The van der Waals surface area contributed by atoms with Gasteiger partial charge in [-0.3, -0.25) is 0 Å². The van der Waals surface area contributed by atoms with Crippen molar-refractivity contribution in [3.8, 4) is 0 Å². The van der Waals surface area contributed by atoms with Crippen molar-refractivity contribution in [2.24, 2.45) is 0 Å². The Labute approximate surface area is 346 Å². The lowest BCUT2D eigenvalue weighted by atomic mass is 9.66. The van der Waals surface area contributed by atoms with Crippen LogP contribution in [0.3, 0.4) is 0 Å². The molecule has 0 aromatic heterocycles. The van der Waals surface area contributed by atoms with Gasteiger partial charge < -0.3 is 18.9 Å². The first kappa shape index (κ1) is 36.9. The van der Waals surface area contributed by atoms with E-state index in [1.807, 2.05) is 48.5 Å². The van der Waals surface area contributed by atoms with Gasteiger partial charge in [0.15, 0.2) is 35.0 Å². The maximum Gasteiger partial charge on any atom is 0.166 e. The van der Waals surface area contributed by atoms with Crippen molar-refractivity contribution >= 4 is 0 Å². The molecule has 0 N–H and O–H groups in total. The van der Waals surface area contributed by atoms with Crippen LogP contribution >= 0.6 is 0 Å². The summed E-state index contributed by atoms with van der Waals surface area (Å²) in [5.74, 6) is 0. The van der Waals surface area contributed by atoms with E-state index in [1.54, 1.807) is 0 Å². The van der Waals surface area contributed by atoms with E-state index >= 15 is 0 Å². The molecule has 288 valence electrons. The summed E-state index contributed by atoms with van der Waals surface area (Å²) in [4.78, 5) is 0. The van der Waals surface area contributed by atoms with Gasteiger partial charge >= 0.3 is 0 Å². The Kier molecular flexibility index (Phi) is 9.64. The van der Waals surface area contributed by atoms with Crippen molar-refractivity contribution in [3.05, 3.63) is 287 Å². The van der Waals surface area contributed by atoms with E-state index in [0.29, 0.717) is 0 Å². The monoisotopic (exact) mass is 768 g/mol. The first-order valence-corrected chi connectivity index (χ1v) is 20.4. The number of hydrogen-bond donors (Lipinski definition) is 0. The number of ether oxygens (including phenoxy) is 4. The van der Waals surface area contributed by atoms with Crippen LogP contribution in [0.15, 0.2) is 243 Å². The molecule has 2 fully saturated rings. The molecule has 2 aliphatic heterocycles. The zero-order chi connectivity index (χ0) is 39.6. The minimum absolute atomic E-state index is 0.256. The summed E-state index contributed by atoms with van der Waals surface area (Å²) in [7, 11) is 0. The summed E-state index contributed by atoms with van der Waals surface area (Å²) >= 11 is 0. The van der Waals surface area contributed by atoms with Crippen LogP contribution in [0.4, 0.5) is 0 Å². The summed E-state index contributed by atoms with van der Waals surface area (Å²) in [5.41, 5.74) is 3.26. The summed E-state index contributed by atoms with van der Waals surface area (Å²) in [6.45, 7) is 0. The fourth-order valence-electron chi connectivity index (χ4n) is 9.74. The third-order valence-corrected chi connectivity index (χ3v) is 12.1. The van der Waals surface area contributed by atoms with Gasteiger partial charge in [0, 0.05) is 6.42 Å². The molecule has 2 heterocycles. The molecule has 0 amide bonds. The number of hydrogen-bond acceptors (Lipinski definition) is 4. The fourth-order valence-corrected chi connectivity index (χ4v) is 9.74. The average molecular weight is 769 g/mol. The van der Waals surface area contributed by atoms with Gasteiger partial charge in [-0.1, -0.05) is 243 Å². The first-order chi connectivity index (χ1) is 29.2. The molecule has 0 saturated carbocycles. The van der Waals surface area contributed by atoms with Gasteiger partial charge in [-0.15, -0.1) is 0 Å². The highest BCUT2D eigenvalue weighted by Crippen LogP contribution is 2.63. The van der Waals surface area contributed by atoms with Crippen LogP contribution in [0.25, 0.3) is 0 Å². The van der Waals surface area contributed by atoms with Crippen LogP contribution < -0.4 is 0 Å². The van der Waals surface area contributed by atoms with Crippen molar-refractivity contribution < 1.29 is 18.9 Å². The zero-order valence-corrected chi connectivity index (χ0v) is 32.6. The lowest BCUT2D eigenvalue weighted by molar-refractivity contribution is -0.164. The Balaban J connectivity index is 1.20. The molecule has 8 aromatic carbocycles. The standard InChI is InChI=1S/C55H44O4/c1-9-25-42(26-10-1)52(43-27-11-2-12-28-43)53(44-29-13-3-14-30-44,45-31-15-4-16-32-45)57-50(56-52)41-51-58-54(46-33-17-5-18-34-46,47-35-19-6-20-36-47)55(59-51,48-37-21-7-22-38-48)49-39-23-8-24-40-49/h1-40,50-51H,41H2. The average Bonchev–Trinajstić information content (AvgIpc) is 3.87. The molecule has 0 unspecified atom stereocenters. The van der Waals surface area contributed by atoms with E-state index in [9.17, 15) is 0 Å². The van der Waals surface area contributed by atoms with Crippen LogP contribution in [0.2, 0.25) is 0 Å². The number of rotatable bonds is 10. The van der Waals surface area contributed by atoms with Gasteiger partial charge in [-0.25, -0.2) is 0 Å². The second-order valence-corrected chi connectivity index (χ2v) is 15.2. The molecule has 0 spiro atoms. The molecule has 4 heteroatoms. The predicted octanol–water partition coefficient (Wildman–Crippen LogP) is 11.9. The lowest BCUT2D eigenvalue weighted by Crippen LogP contribution is -2.48. The van der Waals surface area contributed by atoms with Gasteiger partial charge in [0.2, 0.25) is 0 Å². The molecule has 0 aliphatic carbocycles. The molecule has 0 atom stereocenters. The number of benzene rings is 8. The Morgan fingerprint density at radius 1 is 0.220 bits per heavy atom. The molecule has 59 heavy (non-hydrogen) atoms. The second-order valence-electron chi connectivity index (χ2n) is 15.2. The highest BCUT2D eigenvalue weighted by atomic mass is 16.8. The van der Waals surface area contributed by atoms with Crippen molar-refractivity contribution in [2.45, 2.75) is 41.4 Å². The van der Waals surface area contributed by atoms with Gasteiger partial charge in [0.1, 0.15) is 0 Å². The molecular formula is C55H44O4. The van der Waals surface area contributed by atoms with E-state index in [0.717, 1.165) is 44.5 Å². The van der Waals surface area contributed by atoms with Crippen molar-refractivity contribution in [3.63, 3.8) is 0 Å². The lowest BCUT2D eigenvalue weighted by Gasteiger charge is -2.44. The summed E-state index contributed by atoms with van der Waals surface area (Å²) < 4.78 is 30.7. The Morgan fingerprint density at radius 3 is 0.492 bits per heavy atom. The van der Waals surface area contributed by atoms with Crippen LogP contribution in [-0.2, 0) is 41.4 Å². The van der Waals surface area contributed by atoms with Crippen LogP contribution in [0.5, 0.6) is 0 Å². The minimum Gasteiger partial charge on any atom is -0.333 e. The zero-order valence-electron chi connectivity index (χ0n) is 32.6. The van der Waals surface area contributed by atoms with Crippen molar-refractivity contribution in [1.82, 2.24) is 0 Å². The molecule has 10 rings (SSSR count). The van der Waals surface area contributed by atoms with Crippen molar-refractivity contribution in [1.29, 1.82) is 0 Å². The van der Waals surface area contributed by atoms with Crippen molar-refractivity contribution in [2.75, 3.05) is 0 Å². The summed E-state index contributed by atoms with van der Waals surface area (Å²) in [6.07, 6.45) is -1.34. The molecular weight excluding hydrogens is 725 g/mol. The molecule has 2 aliphatic rings. The Bertz CT molecular complexity index is 2050. The van der Waals surface area contributed by atoms with Gasteiger partial charge in [0.05, 0.1) is 0 Å². The molecule has 2 saturated heterocycles. The summed E-state index contributed by atoms with van der Waals surface area (Å²) in [6, 6.07) is 83.8. The van der Waals surface area contributed by atoms with E-state index in [4.69, 9.17) is 18.9 Å². The smallest absolute Gasteiger partial charge is 0.166 e. The van der Waals surface area contributed by atoms with Crippen LogP contribution in [0, 0.1) is 0 Å². The molecule has 0 bridgehead atoms.